The van der Waals surface area contributed by atoms with Crippen molar-refractivity contribution < 1.29 is 14.6 Å². The number of carbonyl (C=O) groups excluding carboxylic acids is 1. The number of nitrogens with zero attached hydrogens (tertiary/aromatic N) is 2. The number of anilines is 1. The molecule has 1 heterocycles. The Labute approximate surface area is 93.7 Å². The number of carbonyl (C=O) groups is 1. The average molecular weight is 225 g/mol. The zero-order valence-electron chi connectivity index (χ0n) is 9.52. The Kier molecular flexibility index (Phi) is 3.78. The highest BCUT2D eigenvalue weighted by molar-refractivity contribution is 5.86. The minimum absolute atomic E-state index is 0.0343. The van der Waals surface area contributed by atoms with Gasteiger partial charge in [-0.1, -0.05) is 0 Å². The lowest BCUT2D eigenvalue weighted by Gasteiger charge is -2.23. The van der Waals surface area contributed by atoms with Crippen molar-refractivity contribution in [3.05, 3.63) is 18.1 Å². The standard InChI is InChI=1S/C10H15N3O3/c1-10(2,6-14)13-8-5-11-7(4-12-8)9(15)16-3/h4-5,14H,6H2,1-3H3,(H,12,13). The number of esters is 1. The number of aliphatic hydroxyl groups is 1. The monoisotopic (exact) mass is 225 g/mol. The van der Waals surface area contributed by atoms with Gasteiger partial charge in [0.1, 0.15) is 5.82 Å². The summed E-state index contributed by atoms with van der Waals surface area (Å²) in [6.07, 6.45) is 2.74. The number of nitrogens with one attached hydrogen (secondary N) is 1. The highest BCUT2D eigenvalue weighted by Crippen LogP contribution is 2.10. The van der Waals surface area contributed by atoms with Crippen LogP contribution in [0.4, 0.5) is 5.82 Å². The fourth-order valence-electron chi connectivity index (χ4n) is 0.989. The lowest BCUT2D eigenvalue weighted by Crippen LogP contribution is -2.35. The van der Waals surface area contributed by atoms with Crippen molar-refractivity contribution in [1.29, 1.82) is 0 Å². The second-order valence-electron chi connectivity index (χ2n) is 3.95. The molecule has 0 fully saturated rings. The van der Waals surface area contributed by atoms with Crippen LogP contribution in [-0.2, 0) is 4.74 Å². The molecule has 0 unspecified atom stereocenters. The van der Waals surface area contributed by atoms with Gasteiger partial charge < -0.3 is 15.2 Å². The van der Waals surface area contributed by atoms with E-state index < -0.39 is 11.5 Å². The van der Waals surface area contributed by atoms with Gasteiger partial charge in [-0.2, -0.15) is 0 Å². The fourth-order valence-corrected chi connectivity index (χ4v) is 0.989. The number of hydrogen-bond donors (Lipinski definition) is 2. The second kappa shape index (κ2) is 4.89. The molecule has 0 saturated carbocycles. The van der Waals surface area contributed by atoms with Gasteiger partial charge in [0.05, 0.1) is 31.6 Å². The third kappa shape index (κ3) is 3.16. The molecule has 1 rings (SSSR count). The van der Waals surface area contributed by atoms with Crippen LogP contribution in [0, 0.1) is 0 Å². The van der Waals surface area contributed by atoms with Crippen LogP contribution in [-0.4, -0.2) is 40.3 Å². The van der Waals surface area contributed by atoms with Crippen LogP contribution >= 0.6 is 0 Å². The topological polar surface area (TPSA) is 84.3 Å². The summed E-state index contributed by atoms with van der Waals surface area (Å²) in [5, 5.41) is 12.0. The SMILES string of the molecule is COC(=O)c1cnc(NC(C)(C)CO)cn1. The Hall–Kier alpha value is -1.69. The van der Waals surface area contributed by atoms with E-state index >= 15 is 0 Å². The molecule has 0 atom stereocenters. The molecule has 6 heteroatoms. The summed E-state index contributed by atoms with van der Waals surface area (Å²) >= 11 is 0. The number of hydrogen-bond acceptors (Lipinski definition) is 6. The van der Waals surface area contributed by atoms with E-state index in [1.54, 1.807) is 0 Å². The first-order valence-corrected chi connectivity index (χ1v) is 4.78. The third-order valence-electron chi connectivity index (χ3n) is 1.91. The van der Waals surface area contributed by atoms with Crippen molar-refractivity contribution in [2.24, 2.45) is 0 Å². The summed E-state index contributed by atoms with van der Waals surface area (Å²) < 4.78 is 4.50. The molecule has 0 saturated heterocycles. The van der Waals surface area contributed by atoms with E-state index in [2.05, 4.69) is 20.0 Å². The maximum absolute atomic E-state index is 11.1. The van der Waals surface area contributed by atoms with Gasteiger partial charge in [0.25, 0.3) is 0 Å². The minimum Gasteiger partial charge on any atom is -0.464 e. The quantitative estimate of drug-likeness (QED) is 0.723. The van der Waals surface area contributed by atoms with Gasteiger partial charge >= 0.3 is 5.97 Å². The van der Waals surface area contributed by atoms with E-state index in [-0.39, 0.29) is 12.3 Å². The van der Waals surface area contributed by atoms with Crippen LogP contribution in [0.2, 0.25) is 0 Å². The number of rotatable bonds is 4. The van der Waals surface area contributed by atoms with E-state index in [0.29, 0.717) is 5.82 Å². The van der Waals surface area contributed by atoms with Crippen LogP contribution in [0.25, 0.3) is 0 Å². The minimum atomic E-state index is -0.527. The first-order valence-electron chi connectivity index (χ1n) is 4.78. The zero-order chi connectivity index (χ0) is 12.2. The van der Waals surface area contributed by atoms with Crippen LogP contribution in [0.5, 0.6) is 0 Å². The van der Waals surface area contributed by atoms with E-state index in [0.717, 1.165) is 0 Å². The summed E-state index contributed by atoms with van der Waals surface area (Å²) in [5.41, 5.74) is -0.337. The van der Waals surface area contributed by atoms with E-state index in [1.165, 1.54) is 19.5 Å². The molecule has 88 valence electrons. The predicted octanol–water partition coefficient (Wildman–Crippen LogP) is 0.446. The third-order valence-corrected chi connectivity index (χ3v) is 1.91. The molecule has 0 spiro atoms. The molecule has 0 aliphatic carbocycles. The van der Waals surface area contributed by atoms with Gasteiger partial charge in [-0.05, 0) is 13.8 Å². The van der Waals surface area contributed by atoms with Crippen molar-refractivity contribution in [3.8, 4) is 0 Å². The molecule has 0 amide bonds. The summed E-state index contributed by atoms with van der Waals surface area (Å²) in [5.74, 6) is -0.0350. The molecule has 16 heavy (non-hydrogen) atoms. The number of aliphatic hydroxyl groups excluding tert-OH is 1. The molecule has 1 aromatic heterocycles. The molecule has 0 aliphatic rings. The van der Waals surface area contributed by atoms with Crippen molar-refractivity contribution >= 4 is 11.8 Å². The van der Waals surface area contributed by atoms with Gasteiger partial charge in [0.15, 0.2) is 5.69 Å². The Bertz CT molecular complexity index is 362. The first-order chi connectivity index (χ1) is 7.48. The van der Waals surface area contributed by atoms with E-state index in [1.807, 2.05) is 13.8 Å². The van der Waals surface area contributed by atoms with Crippen LogP contribution < -0.4 is 5.32 Å². The summed E-state index contributed by atoms with van der Waals surface area (Å²) in [4.78, 5) is 19.0. The van der Waals surface area contributed by atoms with Gasteiger partial charge in [0.2, 0.25) is 0 Å². The first kappa shape index (κ1) is 12.4. The molecule has 0 bridgehead atoms. The van der Waals surface area contributed by atoms with E-state index in [4.69, 9.17) is 5.11 Å². The lowest BCUT2D eigenvalue weighted by atomic mass is 10.1. The summed E-state index contributed by atoms with van der Waals surface area (Å²) in [6.45, 7) is 3.61. The Balaban J connectivity index is 2.76. The van der Waals surface area contributed by atoms with Crippen LogP contribution in [0.3, 0.4) is 0 Å². The molecular weight excluding hydrogens is 210 g/mol. The molecule has 1 aromatic rings. The Morgan fingerprint density at radius 2 is 2.19 bits per heavy atom. The van der Waals surface area contributed by atoms with Gasteiger partial charge in [-0.25, -0.2) is 14.8 Å². The van der Waals surface area contributed by atoms with Gasteiger partial charge in [-0.3, -0.25) is 0 Å². The number of aromatic nitrogens is 2. The smallest absolute Gasteiger partial charge is 0.358 e. The summed E-state index contributed by atoms with van der Waals surface area (Å²) in [6, 6.07) is 0. The van der Waals surface area contributed by atoms with Crippen molar-refractivity contribution in [2.75, 3.05) is 19.0 Å². The highest BCUT2D eigenvalue weighted by Gasteiger charge is 2.16. The molecule has 6 nitrogen and oxygen atoms in total. The normalized spacial score (nSPS) is 11.0. The number of ether oxygens (including phenoxy) is 1. The molecule has 0 aromatic carbocycles. The molecule has 2 N–H and O–H groups in total. The molecule has 0 radical (unpaired) electrons. The predicted molar refractivity (Wildman–Crippen MR) is 58.2 cm³/mol. The maximum atomic E-state index is 11.1. The second-order valence-corrected chi connectivity index (χ2v) is 3.95. The maximum Gasteiger partial charge on any atom is 0.358 e. The largest absolute Gasteiger partial charge is 0.464 e. The van der Waals surface area contributed by atoms with Gasteiger partial charge in [0, 0.05) is 0 Å². The summed E-state index contributed by atoms with van der Waals surface area (Å²) in [7, 11) is 1.28. The van der Waals surface area contributed by atoms with Crippen molar-refractivity contribution in [2.45, 2.75) is 19.4 Å². The number of methoxy groups -OCH3 is 1. The zero-order valence-corrected chi connectivity index (χ0v) is 9.52. The highest BCUT2D eigenvalue weighted by atomic mass is 16.5. The van der Waals surface area contributed by atoms with Gasteiger partial charge in [-0.15, -0.1) is 0 Å². The Morgan fingerprint density at radius 3 is 2.62 bits per heavy atom. The van der Waals surface area contributed by atoms with Crippen molar-refractivity contribution in [3.63, 3.8) is 0 Å². The Morgan fingerprint density at radius 1 is 1.50 bits per heavy atom. The molecule has 0 aliphatic heterocycles. The van der Waals surface area contributed by atoms with Crippen LogP contribution in [0.1, 0.15) is 24.3 Å². The fraction of sp³-hybridized carbons (Fsp3) is 0.500. The van der Waals surface area contributed by atoms with Crippen LogP contribution in [0.15, 0.2) is 12.4 Å². The molecular formula is C10H15N3O3. The van der Waals surface area contributed by atoms with Crippen molar-refractivity contribution in [1.82, 2.24) is 9.97 Å². The average Bonchev–Trinajstić information content (AvgIpc) is 2.28. The van der Waals surface area contributed by atoms with E-state index in [9.17, 15) is 4.79 Å². The lowest BCUT2D eigenvalue weighted by molar-refractivity contribution is 0.0593.